The van der Waals surface area contributed by atoms with Crippen molar-refractivity contribution >= 4 is 17.0 Å². The topological polar surface area (TPSA) is 47.4 Å². The quantitative estimate of drug-likeness (QED) is 0.762. The molecule has 2 aromatic rings. The van der Waals surface area contributed by atoms with Gasteiger partial charge in [-0.15, -0.1) is 0 Å². The molecule has 0 amide bonds. The van der Waals surface area contributed by atoms with E-state index in [0.717, 1.165) is 22.8 Å². The Morgan fingerprint density at radius 1 is 1.31 bits per heavy atom. The molecule has 3 heterocycles. The van der Waals surface area contributed by atoms with Gasteiger partial charge in [-0.2, -0.15) is 0 Å². The lowest BCUT2D eigenvalue weighted by atomic mass is 9.90. The summed E-state index contributed by atoms with van der Waals surface area (Å²) in [6.07, 6.45) is 7.02. The molecule has 26 heavy (non-hydrogen) atoms. The maximum Gasteiger partial charge on any atom is 0.340 e. The van der Waals surface area contributed by atoms with Crippen molar-refractivity contribution in [3.05, 3.63) is 29.6 Å². The average molecular weight is 355 g/mol. The lowest BCUT2D eigenvalue weighted by Crippen LogP contribution is -2.37. The minimum atomic E-state index is -0.238. The standard InChI is InChI=1S/C21H29N3O2/c1-4-26-21(25)19-15(3)24(20-18(19)6-5-11-22-20)14(2)16-9-12-23(13-10-16)17-7-8-17/h5-6,11,14,16-17H,4,7-10,12-13H2,1-3H3/t14-/m1/s1. The van der Waals surface area contributed by atoms with Gasteiger partial charge in [0.15, 0.2) is 0 Å². The van der Waals surface area contributed by atoms with Crippen LogP contribution in [0.3, 0.4) is 0 Å². The number of nitrogens with zero attached hydrogens (tertiary/aromatic N) is 3. The van der Waals surface area contributed by atoms with E-state index in [4.69, 9.17) is 4.74 Å². The van der Waals surface area contributed by atoms with E-state index in [1.807, 2.05) is 32.2 Å². The molecule has 0 bridgehead atoms. The third kappa shape index (κ3) is 3.02. The molecule has 5 heteroatoms. The summed E-state index contributed by atoms with van der Waals surface area (Å²) in [4.78, 5) is 19.8. The van der Waals surface area contributed by atoms with Crippen LogP contribution in [0.4, 0.5) is 0 Å². The number of ether oxygens (including phenoxy) is 1. The monoisotopic (exact) mass is 355 g/mol. The molecule has 0 aromatic carbocycles. The van der Waals surface area contributed by atoms with Gasteiger partial charge in [-0.05, 0) is 77.6 Å². The van der Waals surface area contributed by atoms with Crippen LogP contribution < -0.4 is 0 Å². The van der Waals surface area contributed by atoms with Gasteiger partial charge >= 0.3 is 5.97 Å². The molecule has 5 nitrogen and oxygen atoms in total. The zero-order valence-corrected chi connectivity index (χ0v) is 16.1. The molecule has 1 saturated carbocycles. The van der Waals surface area contributed by atoms with Crippen molar-refractivity contribution in [2.24, 2.45) is 5.92 Å². The number of carbonyl (C=O) groups excluding carboxylic acids is 1. The summed E-state index contributed by atoms with van der Waals surface area (Å²) < 4.78 is 7.59. The van der Waals surface area contributed by atoms with E-state index in [2.05, 4.69) is 21.4 Å². The fourth-order valence-electron chi connectivity index (χ4n) is 4.64. The first kappa shape index (κ1) is 17.5. The van der Waals surface area contributed by atoms with Crippen molar-refractivity contribution in [3.8, 4) is 0 Å². The van der Waals surface area contributed by atoms with E-state index in [0.29, 0.717) is 24.1 Å². The largest absolute Gasteiger partial charge is 0.462 e. The molecular formula is C21H29N3O2. The van der Waals surface area contributed by atoms with Crippen LogP contribution in [-0.4, -0.2) is 46.2 Å². The highest BCUT2D eigenvalue weighted by atomic mass is 16.5. The van der Waals surface area contributed by atoms with Gasteiger partial charge in [0.05, 0.1) is 12.2 Å². The van der Waals surface area contributed by atoms with Crippen molar-refractivity contribution in [2.75, 3.05) is 19.7 Å². The van der Waals surface area contributed by atoms with Crippen molar-refractivity contribution in [1.29, 1.82) is 0 Å². The van der Waals surface area contributed by atoms with Crippen LogP contribution in [0.5, 0.6) is 0 Å². The predicted octanol–water partition coefficient (Wildman–Crippen LogP) is 3.96. The first-order valence-corrected chi connectivity index (χ1v) is 9.98. The van der Waals surface area contributed by atoms with Gasteiger partial charge in [0.2, 0.25) is 0 Å². The Labute approximate surface area is 155 Å². The van der Waals surface area contributed by atoms with Crippen molar-refractivity contribution in [3.63, 3.8) is 0 Å². The number of esters is 1. The molecule has 1 atom stereocenters. The number of aromatic nitrogens is 2. The average Bonchev–Trinajstić information content (AvgIpc) is 3.45. The molecule has 2 fully saturated rings. The summed E-state index contributed by atoms with van der Waals surface area (Å²) in [6.45, 7) is 8.96. The zero-order chi connectivity index (χ0) is 18.3. The zero-order valence-electron chi connectivity index (χ0n) is 16.1. The van der Waals surface area contributed by atoms with Crippen LogP contribution in [0.15, 0.2) is 18.3 Å². The molecule has 1 saturated heterocycles. The summed E-state index contributed by atoms with van der Waals surface area (Å²) in [5.41, 5.74) is 2.57. The van der Waals surface area contributed by atoms with Crippen molar-refractivity contribution < 1.29 is 9.53 Å². The smallest absolute Gasteiger partial charge is 0.340 e. The van der Waals surface area contributed by atoms with Crippen LogP contribution >= 0.6 is 0 Å². The van der Waals surface area contributed by atoms with Gasteiger partial charge in [0.25, 0.3) is 0 Å². The maximum absolute atomic E-state index is 12.5. The van der Waals surface area contributed by atoms with E-state index in [1.165, 1.54) is 38.8 Å². The Morgan fingerprint density at radius 3 is 2.69 bits per heavy atom. The second kappa shape index (κ2) is 7.03. The van der Waals surface area contributed by atoms with Gasteiger partial charge in [-0.25, -0.2) is 9.78 Å². The number of fused-ring (bicyclic) bond motifs is 1. The first-order valence-electron chi connectivity index (χ1n) is 9.98. The van der Waals surface area contributed by atoms with Crippen LogP contribution in [0.25, 0.3) is 11.0 Å². The lowest BCUT2D eigenvalue weighted by Gasteiger charge is -2.36. The number of piperidine rings is 1. The Hall–Kier alpha value is -1.88. The Kier molecular flexibility index (Phi) is 4.74. The summed E-state index contributed by atoms with van der Waals surface area (Å²) >= 11 is 0. The Balaban J connectivity index is 1.65. The van der Waals surface area contributed by atoms with E-state index < -0.39 is 0 Å². The molecule has 1 aliphatic carbocycles. The number of carbonyl (C=O) groups is 1. The van der Waals surface area contributed by atoms with Gasteiger partial charge in [-0.1, -0.05) is 0 Å². The highest BCUT2D eigenvalue weighted by Gasteiger charge is 2.34. The number of hydrogen-bond acceptors (Lipinski definition) is 4. The number of likely N-dealkylation sites (tertiary alicyclic amines) is 1. The van der Waals surface area contributed by atoms with Crippen LogP contribution in [0, 0.1) is 12.8 Å². The number of rotatable bonds is 5. The van der Waals surface area contributed by atoms with E-state index in [-0.39, 0.29) is 5.97 Å². The van der Waals surface area contributed by atoms with Crippen LogP contribution in [-0.2, 0) is 4.74 Å². The minimum Gasteiger partial charge on any atom is -0.462 e. The van der Waals surface area contributed by atoms with Crippen LogP contribution in [0.1, 0.15) is 61.6 Å². The van der Waals surface area contributed by atoms with E-state index in [1.54, 1.807) is 0 Å². The molecule has 2 aliphatic rings. The van der Waals surface area contributed by atoms with Crippen molar-refractivity contribution in [1.82, 2.24) is 14.5 Å². The Morgan fingerprint density at radius 2 is 2.04 bits per heavy atom. The van der Waals surface area contributed by atoms with E-state index in [9.17, 15) is 4.79 Å². The molecule has 140 valence electrons. The number of hydrogen-bond donors (Lipinski definition) is 0. The number of pyridine rings is 1. The highest BCUT2D eigenvalue weighted by Crippen LogP contribution is 2.37. The second-order valence-electron chi connectivity index (χ2n) is 7.77. The first-order chi connectivity index (χ1) is 12.6. The molecule has 1 aliphatic heterocycles. The molecule has 0 radical (unpaired) electrons. The lowest BCUT2D eigenvalue weighted by molar-refractivity contribution is 0.0527. The highest BCUT2D eigenvalue weighted by molar-refractivity contribution is 6.05. The van der Waals surface area contributed by atoms with Gasteiger partial charge in [0.1, 0.15) is 5.65 Å². The third-order valence-electron chi connectivity index (χ3n) is 6.21. The van der Waals surface area contributed by atoms with Gasteiger partial charge in [-0.3, -0.25) is 0 Å². The molecular weight excluding hydrogens is 326 g/mol. The van der Waals surface area contributed by atoms with Crippen molar-refractivity contribution in [2.45, 2.75) is 58.5 Å². The van der Waals surface area contributed by atoms with Crippen LogP contribution in [0.2, 0.25) is 0 Å². The minimum absolute atomic E-state index is 0.238. The van der Waals surface area contributed by atoms with E-state index >= 15 is 0 Å². The summed E-state index contributed by atoms with van der Waals surface area (Å²) in [5.74, 6) is 0.383. The van der Waals surface area contributed by atoms with Gasteiger partial charge < -0.3 is 14.2 Å². The molecule has 0 unspecified atom stereocenters. The maximum atomic E-state index is 12.5. The molecule has 4 rings (SSSR count). The SMILES string of the molecule is CCOC(=O)c1c(C)n([C@H](C)C2CCN(C3CC3)CC2)c2ncccc12. The summed E-state index contributed by atoms with van der Waals surface area (Å²) in [7, 11) is 0. The third-order valence-corrected chi connectivity index (χ3v) is 6.21. The fourth-order valence-corrected chi connectivity index (χ4v) is 4.64. The fraction of sp³-hybridized carbons (Fsp3) is 0.619. The molecule has 0 spiro atoms. The second-order valence-corrected chi connectivity index (χ2v) is 7.77. The normalized spacial score (nSPS) is 20.4. The predicted molar refractivity (Wildman–Crippen MR) is 102 cm³/mol. The molecule has 2 aromatic heterocycles. The Bertz CT molecular complexity index is 801. The summed E-state index contributed by atoms with van der Waals surface area (Å²) in [6, 6.07) is 5.07. The van der Waals surface area contributed by atoms with Gasteiger partial charge in [0, 0.05) is 29.4 Å². The summed E-state index contributed by atoms with van der Waals surface area (Å²) in [5, 5.41) is 0.908. The molecule has 0 N–H and O–H groups in total.